The fraction of sp³-hybridized carbons (Fsp3) is 0.318. The Hall–Kier alpha value is -3.02. The summed E-state index contributed by atoms with van der Waals surface area (Å²) >= 11 is 0. The van der Waals surface area contributed by atoms with Gasteiger partial charge in [-0.05, 0) is 48.9 Å². The summed E-state index contributed by atoms with van der Waals surface area (Å²) in [5.41, 5.74) is 1.98. The van der Waals surface area contributed by atoms with E-state index in [-0.39, 0.29) is 18.3 Å². The lowest BCUT2D eigenvalue weighted by Gasteiger charge is -2.36. The highest BCUT2D eigenvalue weighted by Gasteiger charge is 2.22. The van der Waals surface area contributed by atoms with Gasteiger partial charge in [-0.25, -0.2) is 4.39 Å². The quantitative estimate of drug-likeness (QED) is 0.763. The van der Waals surface area contributed by atoms with Crippen LogP contribution in [0.1, 0.15) is 12.5 Å². The molecule has 0 unspecified atom stereocenters. The molecule has 6 heteroatoms. The van der Waals surface area contributed by atoms with Crippen LogP contribution in [0.15, 0.2) is 48.5 Å². The zero-order valence-electron chi connectivity index (χ0n) is 16.2. The summed E-state index contributed by atoms with van der Waals surface area (Å²) in [6.07, 6.45) is 3.92. The molecule has 2 aromatic rings. The van der Waals surface area contributed by atoms with E-state index in [0.717, 1.165) is 11.3 Å². The molecule has 3 rings (SSSR count). The van der Waals surface area contributed by atoms with Crippen LogP contribution in [0.2, 0.25) is 0 Å². The highest BCUT2D eigenvalue weighted by atomic mass is 19.1. The van der Waals surface area contributed by atoms with E-state index in [0.29, 0.717) is 37.7 Å². The van der Waals surface area contributed by atoms with Gasteiger partial charge in [0.2, 0.25) is 0 Å². The van der Waals surface area contributed by atoms with Gasteiger partial charge in [0, 0.05) is 31.9 Å². The topological polar surface area (TPSA) is 42.0 Å². The summed E-state index contributed by atoms with van der Waals surface area (Å²) in [6.45, 7) is 4.55. The Morgan fingerprint density at radius 1 is 1.07 bits per heavy atom. The van der Waals surface area contributed by atoms with Crippen molar-refractivity contribution in [3.8, 4) is 11.5 Å². The Labute approximate surface area is 165 Å². The number of carbonyl (C=O) groups excluding carboxylic acids is 1. The maximum absolute atomic E-state index is 13.1. The molecule has 0 radical (unpaired) electrons. The molecule has 1 fully saturated rings. The third-order valence-electron chi connectivity index (χ3n) is 4.72. The summed E-state index contributed by atoms with van der Waals surface area (Å²) in [7, 11) is 1.58. The van der Waals surface area contributed by atoms with Gasteiger partial charge in [0.1, 0.15) is 5.82 Å². The second-order valence-corrected chi connectivity index (χ2v) is 6.54. The molecule has 1 amide bonds. The van der Waals surface area contributed by atoms with Crippen LogP contribution < -0.4 is 14.4 Å². The normalized spacial score (nSPS) is 14.4. The van der Waals surface area contributed by atoms with E-state index in [1.54, 1.807) is 24.1 Å². The van der Waals surface area contributed by atoms with Gasteiger partial charge in [0.05, 0.1) is 7.11 Å². The lowest BCUT2D eigenvalue weighted by atomic mass is 10.2. The molecule has 0 saturated carbocycles. The van der Waals surface area contributed by atoms with Gasteiger partial charge < -0.3 is 19.3 Å². The third-order valence-corrected chi connectivity index (χ3v) is 4.72. The molecule has 0 N–H and O–H groups in total. The second kappa shape index (κ2) is 9.26. The van der Waals surface area contributed by atoms with Gasteiger partial charge in [-0.15, -0.1) is 0 Å². The number of benzene rings is 2. The van der Waals surface area contributed by atoms with Crippen LogP contribution in [-0.2, 0) is 4.79 Å². The zero-order chi connectivity index (χ0) is 19.9. The third kappa shape index (κ3) is 4.82. The monoisotopic (exact) mass is 384 g/mol. The SMILES string of the molecule is C/C=C/c1ccc(OCC(=O)N2CCN(c3ccc(F)cc3)CC2)c(OC)c1. The highest BCUT2D eigenvalue weighted by molar-refractivity contribution is 5.78. The standard InChI is InChI=1S/C22H25FN2O3/c1-3-4-17-5-10-20(21(15-17)27-2)28-16-22(26)25-13-11-24(12-14-25)19-8-6-18(23)7-9-19/h3-10,15H,11-14,16H2,1-2H3/b4-3+. The Morgan fingerprint density at radius 3 is 2.43 bits per heavy atom. The van der Waals surface area contributed by atoms with Crippen molar-refractivity contribution >= 4 is 17.7 Å². The molecule has 1 heterocycles. The minimum Gasteiger partial charge on any atom is -0.493 e. The van der Waals surface area contributed by atoms with Gasteiger partial charge in [-0.2, -0.15) is 0 Å². The minimum atomic E-state index is -0.246. The first-order valence-electron chi connectivity index (χ1n) is 9.32. The van der Waals surface area contributed by atoms with Crippen molar-refractivity contribution in [3.05, 3.63) is 59.9 Å². The van der Waals surface area contributed by atoms with E-state index in [2.05, 4.69) is 4.90 Å². The predicted molar refractivity (Wildman–Crippen MR) is 108 cm³/mol. The largest absolute Gasteiger partial charge is 0.493 e. The number of allylic oxidation sites excluding steroid dienone is 1. The summed E-state index contributed by atoms with van der Waals surface area (Å²) in [6, 6.07) is 12.0. The summed E-state index contributed by atoms with van der Waals surface area (Å²) in [5.74, 6) is 0.848. The first kappa shape index (κ1) is 19.7. The number of hydrogen-bond acceptors (Lipinski definition) is 4. The summed E-state index contributed by atoms with van der Waals surface area (Å²) in [4.78, 5) is 16.4. The van der Waals surface area contributed by atoms with Gasteiger partial charge >= 0.3 is 0 Å². The average molecular weight is 384 g/mol. The van der Waals surface area contributed by atoms with E-state index in [1.165, 1.54) is 12.1 Å². The van der Waals surface area contributed by atoms with Crippen molar-refractivity contribution in [2.45, 2.75) is 6.92 Å². The number of hydrogen-bond donors (Lipinski definition) is 0. The summed E-state index contributed by atoms with van der Waals surface area (Å²) < 4.78 is 24.1. The number of amides is 1. The smallest absolute Gasteiger partial charge is 0.260 e. The molecule has 0 bridgehead atoms. The maximum Gasteiger partial charge on any atom is 0.260 e. The molecule has 148 valence electrons. The lowest BCUT2D eigenvalue weighted by Crippen LogP contribution is -2.50. The number of piperazine rings is 1. The number of rotatable bonds is 6. The number of ether oxygens (including phenoxy) is 2. The van der Waals surface area contributed by atoms with Crippen molar-refractivity contribution < 1.29 is 18.7 Å². The van der Waals surface area contributed by atoms with Crippen LogP contribution in [0.5, 0.6) is 11.5 Å². The molecule has 0 atom stereocenters. The van der Waals surface area contributed by atoms with Crippen LogP contribution in [-0.4, -0.2) is 50.7 Å². The van der Waals surface area contributed by atoms with E-state index in [9.17, 15) is 9.18 Å². The lowest BCUT2D eigenvalue weighted by molar-refractivity contribution is -0.133. The molecular formula is C22H25FN2O3. The number of nitrogens with zero attached hydrogens (tertiary/aromatic N) is 2. The molecule has 2 aromatic carbocycles. The van der Waals surface area contributed by atoms with E-state index in [1.807, 2.05) is 37.3 Å². The van der Waals surface area contributed by atoms with Gasteiger partial charge in [-0.3, -0.25) is 4.79 Å². The van der Waals surface area contributed by atoms with Crippen molar-refractivity contribution in [2.24, 2.45) is 0 Å². The molecule has 1 aliphatic rings. The van der Waals surface area contributed by atoms with Crippen molar-refractivity contribution in [1.82, 2.24) is 4.90 Å². The van der Waals surface area contributed by atoms with Crippen molar-refractivity contribution in [2.75, 3.05) is 44.8 Å². The van der Waals surface area contributed by atoms with E-state index < -0.39 is 0 Å². The zero-order valence-corrected chi connectivity index (χ0v) is 16.2. The number of carbonyl (C=O) groups is 1. The molecule has 0 aliphatic carbocycles. The molecule has 0 aromatic heterocycles. The van der Waals surface area contributed by atoms with Crippen molar-refractivity contribution in [1.29, 1.82) is 0 Å². The predicted octanol–water partition coefficient (Wildman–Crippen LogP) is 3.60. The average Bonchev–Trinajstić information content (AvgIpc) is 2.73. The highest BCUT2D eigenvalue weighted by Crippen LogP contribution is 2.28. The molecule has 5 nitrogen and oxygen atoms in total. The molecule has 1 aliphatic heterocycles. The van der Waals surface area contributed by atoms with E-state index >= 15 is 0 Å². The fourth-order valence-electron chi connectivity index (χ4n) is 3.20. The Kier molecular flexibility index (Phi) is 6.53. The van der Waals surface area contributed by atoms with Crippen molar-refractivity contribution in [3.63, 3.8) is 0 Å². The Morgan fingerprint density at radius 2 is 1.79 bits per heavy atom. The van der Waals surface area contributed by atoms with E-state index in [4.69, 9.17) is 9.47 Å². The number of halogens is 1. The minimum absolute atomic E-state index is 0.0319. The molecule has 28 heavy (non-hydrogen) atoms. The van der Waals surface area contributed by atoms with Crippen LogP contribution in [0.25, 0.3) is 6.08 Å². The number of methoxy groups -OCH3 is 1. The second-order valence-electron chi connectivity index (χ2n) is 6.54. The Bertz CT molecular complexity index is 828. The first-order chi connectivity index (χ1) is 13.6. The Balaban J connectivity index is 1.53. The van der Waals surface area contributed by atoms with Gasteiger partial charge in [-0.1, -0.05) is 18.2 Å². The first-order valence-corrected chi connectivity index (χ1v) is 9.32. The van der Waals surface area contributed by atoms with Gasteiger partial charge in [0.15, 0.2) is 18.1 Å². The van der Waals surface area contributed by atoms with Crippen LogP contribution in [0.3, 0.4) is 0 Å². The summed E-state index contributed by atoms with van der Waals surface area (Å²) in [5, 5.41) is 0. The van der Waals surface area contributed by atoms with Crippen LogP contribution in [0, 0.1) is 5.82 Å². The van der Waals surface area contributed by atoms with Gasteiger partial charge in [0.25, 0.3) is 5.91 Å². The molecule has 1 saturated heterocycles. The molecular weight excluding hydrogens is 359 g/mol. The fourth-order valence-corrected chi connectivity index (χ4v) is 3.20. The molecule has 0 spiro atoms. The van der Waals surface area contributed by atoms with Crippen LogP contribution >= 0.6 is 0 Å². The number of anilines is 1. The van der Waals surface area contributed by atoms with Crippen LogP contribution in [0.4, 0.5) is 10.1 Å². The maximum atomic E-state index is 13.1.